The maximum absolute atomic E-state index is 12.2. The molecule has 0 radical (unpaired) electrons. The second-order valence-electron chi connectivity index (χ2n) is 7.39. The first-order valence-corrected chi connectivity index (χ1v) is 9.14. The molecule has 2 fully saturated rings. The fourth-order valence-electron chi connectivity index (χ4n) is 3.54. The molecule has 7 heteroatoms. The second kappa shape index (κ2) is 8.14. The first-order chi connectivity index (χ1) is 12.8. The molecule has 1 aromatic rings. The van der Waals surface area contributed by atoms with Crippen molar-refractivity contribution in [3.8, 4) is 5.75 Å². The van der Waals surface area contributed by atoms with Gasteiger partial charge in [0.15, 0.2) is 11.9 Å². The zero-order chi connectivity index (χ0) is 19.6. The van der Waals surface area contributed by atoms with Gasteiger partial charge in [-0.15, -0.1) is 0 Å². The normalized spacial score (nSPS) is 32.4. The van der Waals surface area contributed by atoms with Crippen molar-refractivity contribution in [2.45, 2.75) is 57.6 Å². The highest BCUT2D eigenvalue weighted by Gasteiger charge is 2.52. The third-order valence-electron chi connectivity index (χ3n) is 5.06. The number of methoxy groups -OCH3 is 2. The zero-order valence-electron chi connectivity index (χ0n) is 16.5. The number of esters is 1. The number of benzene rings is 1. The minimum absolute atomic E-state index is 0.231. The van der Waals surface area contributed by atoms with E-state index in [1.54, 1.807) is 7.11 Å². The Morgan fingerprint density at radius 1 is 1.22 bits per heavy atom. The lowest BCUT2D eigenvalue weighted by Gasteiger charge is -2.50. The van der Waals surface area contributed by atoms with Gasteiger partial charge in [0.1, 0.15) is 18.0 Å². The fraction of sp³-hybridized carbons (Fsp3) is 0.650. The molecule has 0 spiro atoms. The first kappa shape index (κ1) is 20.1. The monoisotopic (exact) mass is 380 g/mol. The Balaban J connectivity index is 1.77. The smallest absolute Gasteiger partial charge is 0.335 e. The number of carbonyl (C=O) groups is 1. The number of hydrogen-bond donors (Lipinski definition) is 0. The molecule has 0 bridgehead atoms. The lowest BCUT2D eigenvalue weighted by Crippen LogP contribution is -2.63. The molecular weight excluding hydrogens is 352 g/mol. The molecule has 0 N–H and O–H groups in total. The molecule has 0 aliphatic carbocycles. The predicted octanol–water partition coefficient (Wildman–Crippen LogP) is 2.31. The van der Waals surface area contributed by atoms with Gasteiger partial charge in [0.2, 0.25) is 0 Å². The summed E-state index contributed by atoms with van der Waals surface area (Å²) in [6, 6.07) is 7.68. The molecule has 2 saturated heterocycles. The molecule has 0 amide bonds. The Bertz CT molecular complexity index is 642. The van der Waals surface area contributed by atoms with Crippen LogP contribution in [0.3, 0.4) is 0 Å². The van der Waals surface area contributed by atoms with Crippen LogP contribution in [0.1, 0.15) is 26.3 Å². The van der Waals surface area contributed by atoms with Crippen LogP contribution in [0, 0.1) is 5.92 Å². The van der Waals surface area contributed by atoms with Gasteiger partial charge in [-0.25, -0.2) is 4.79 Å². The van der Waals surface area contributed by atoms with Gasteiger partial charge >= 0.3 is 5.97 Å². The Hall–Kier alpha value is -1.67. The maximum Gasteiger partial charge on any atom is 0.335 e. The third-order valence-corrected chi connectivity index (χ3v) is 5.06. The van der Waals surface area contributed by atoms with E-state index in [0.717, 1.165) is 11.3 Å². The van der Waals surface area contributed by atoms with E-state index in [4.69, 9.17) is 28.4 Å². The van der Waals surface area contributed by atoms with Crippen molar-refractivity contribution in [2.24, 2.45) is 5.92 Å². The summed E-state index contributed by atoms with van der Waals surface area (Å²) in [6.07, 6.45) is -1.77. The van der Waals surface area contributed by atoms with Crippen molar-refractivity contribution in [2.75, 3.05) is 20.8 Å². The molecule has 150 valence electrons. The van der Waals surface area contributed by atoms with Gasteiger partial charge in [-0.2, -0.15) is 0 Å². The van der Waals surface area contributed by atoms with E-state index in [-0.39, 0.29) is 24.2 Å². The van der Waals surface area contributed by atoms with Crippen molar-refractivity contribution in [3.63, 3.8) is 0 Å². The highest BCUT2D eigenvalue weighted by molar-refractivity contribution is 5.75. The van der Waals surface area contributed by atoms with Crippen LogP contribution in [0.5, 0.6) is 5.75 Å². The topological polar surface area (TPSA) is 72.5 Å². The van der Waals surface area contributed by atoms with Crippen LogP contribution >= 0.6 is 0 Å². The summed E-state index contributed by atoms with van der Waals surface area (Å²) in [6.45, 7) is 6.37. The summed E-state index contributed by atoms with van der Waals surface area (Å²) in [5, 5.41) is 0. The van der Waals surface area contributed by atoms with Gasteiger partial charge < -0.3 is 28.4 Å². The van der Waals surface area contributed by atoms with Crippen LogP contribution in [0.15, 0.2) is 24.3 Å². The standard InChI is InChI=1S/C20H28O7/c1-12-16(24-10-13-6-8-14(22-4)9-7-13)18-15(11-25-20(2,3)27-18)26-17(12)19(21)23-5/h6-9,12,15-18H,10-11H2,1-5H3/t12-,15-,16-,17-,18-/m1/s1. The number of fused-ring (bicyclic) bond motifs is 1. The van der Waals surface area contributed by atoms with Crippen molar-refractivity contribution >= 4 is 5.97 Å². The predicted molar refractivity (Wildman–Crippen MR) is 96.3 cm³/mol. The van der Waals surface area contributed by atoms with E-state index < -0.39 is 17.9 Å². The van der Waals surface area contributed by atoms with Crippen molar-refractivity contribution in [3.05, 3.63) is 29.8 Å². The lowest BCUT2D eigenvalue weighted by molar-refractivity contribution is -0.354. The van der Waals surface area contributed by atoms with E-state index in [0.29, 0.717) is 13.2 Å². The Morgan fingerprint density at radius 3 is 2.56 bits per heavy atom. The lowest BCUT2D eigenvalue weighted by atomic mass is 9.87. The van der Waals surface area contributed by atoms with Crippen LogP contribution in [-0.2, 0) is 35.1 Å². The maximum atomic E-state index is 12.2. The SMILES string of the molecule is COC(=O)[C@@H]1O[C@@H]2COC(C)(C)O[C@H]2[C@H](OCc2ccc(OC)cc2)[C@H]1C. The molecule has 0 saturated carbocycles. The van der Waals surface area contributed by atoms with Crippen molar-refractivity contribution in [1.82, 2.24) is 0 Å². The molecule has 2 aliphatic rings. The average molecular weight is 380 g/mol. The summed E-state index contributed by atoms with van der Waals surface area (Å²) in [4.78, 5) is 12.2. The van der Waals surface area contributed by atoms with E-state index in [2.05, 4.69) is 0 Å². The molecule has 1 aromatic carbocycles. The van der Waals surface area contributed by atoms with Gasteiger partial charge in [0.05, 0.1) is 33.5 Å². The average Bonchev–Trinajstić information content (AvgIpc) is 2.66. The van der Waals surface area contributed by atoms with E-state index in [1.807, 2.05) is 45.0 Å². The number of hydrogen-bond acceptors (Lipinski definition) is 7. The van der Waals surface area contributed by atoms with Crippen molar-refractivity contribution < 1.29 is 33.2 Å². The van der Waals surface area contributed by atoms with Gasteiger partial charge in [-0.05, 0) is 31.5 Å². The highest BCUT2D eigenvalue weighted by atomic mass is 16.7. The Kier molecular flexibility index (Phi) is 6.05. The molecule has 2 heterocycles. The van der Waals surface area contributed by atoms with E-state index >= 15 is 0 Å². The third kappa shape index (κ3) is 4.43. The molecule has 0 unspecified atom stereocenters. The van der Waals surface area contributed by atoms with Gasteiger partial charge in [0.25, 0.3) is 0 Å². The minimum Gasteiger partial charge on any atom is -0.497 e. The first-order valence-electron chi connectivity index (χ1n) is 9.14. The van der Waals surface area contributed by atoms with Crippen LogP contribution < -0.4 is 4.74 Å². The number of rotatable bonds is 5. The quantitative estimate of drug-likeness (QED) is 0.726. The minimum atomic E-state index is -0.732. The van der Waals surface area contributed by atoms with E-state index in [1.165, 1.54) is 7.11 Å². The number of carbonyl (C=O) groups excluding carboxylic acids is 1. The van der Waals surface area contributed by atoms with Crippen LogP contribution in [0.4, 0.5) is 0 Å². The van der Waals surface area contributed by atoms with Gasteiger partial charge in [0, 0.05) is 5.92 Å². The Morgan fingerprint density at radius 2 is 1.93 bits per heavy atom. The van der Waals surface area contributed by atoms with Crippen molar-refractivity contribution in [1.29, 1.82) is 0 Å². The highest BCUT2D eigenvalue weighted by Crippen LogP contribution is 2.37. The van der Waals surface area contributed by atoms with Crippen LogP contribution in [0.25, 0.3) is 0 Å². The number of ether oxygens (including phenoxy) is 6. The molecular formula is C20H28O7. The molecule has 2 aliphatic heterocycles. The molecule has 0 aromatic heterocycles. The zero-order valence-corrected chi connectivity index (χ0v) is 16.5. The fourth-order valence-corrected chi connectivity index (χ4v) is 3.54. The van der Waals surface area contributed by atoms with Gasteiger partial charge in [-0.1, -0.05) is 19.1 Å². The molecule has 7 nitrogen and oxygen atoms in total. The summed E-state index contributed by atoms with van der Waals surface area (Å²) in [7, 11) is 2.99. The summed E-state index contributed by atoms with van der Waals surface area (Å²) >= 11 is 0. The van der Waals surface area contributed by atoms with Crippen LogP contribution in [-0.4, -0.2) is 57.0 Å². The Labute approximate surface area is 159 Å². The van der Waals surface area contributed by atoms with Crippen LogP contribution in [0.2, 0.25) is 0 Å². The molecule has 5 atom stereocenters. The summed E-state index contributed by atoms with van der Waals surface area (Å²) in [5.41, 5.74) is 1.01. The molecule has 27 heavy (non-hydrogen) atoms. The summed E-state index contributed by atoms with van der Waals surface area (Å²) in [5.74, 6) is -0.586. The van der Waals surface area contributed by atoms with E-state index in [9.17, 15) is 4.79 Å². The summed E-state index contributed by atoms with van der Waals surface area (Å²) < 4.78 is 34.1. The molecule has 3 rings (SSSR count). The largest absolute Gasteiger partial charge is 0.497 e. The van der Waals surface area contributed by atoms with Gasteiger partial charge in [-0.3, -0.25) is 0 Å². The second-order valence-corrected chi connectivity index (χ2v) is 7.39.